The van der Waals surface area contributed by atoms with Crippen molar-refractivity contribution in [3.8, 4) is 0 Å². The fourth-order valence-corrected chi connectivity index (χ4v) is 5.82. The summed E-state index contributed by atoms with van der Waals surface area (Å²) in [5.74, 6) is 3.38. The molecule has 0 bridgehead atoms. The van der Waals surface area contributed by atoms with E-state index in [4.69, 9.17) is 14.4 Å². The molecule has 2 fully saturated rings. The summed E-state index contributed by atoms with van der Waals surface area (Å²) in [6, 6.07) is 0. The molecule has 5 rings (SSSR count). The van der Waals surface area contributed by atoms with Crippen LogP contribution >= 0.6 is 0 Å². The van der Waals surface area contributed by atoms with E-state index in [0.717, 1.165) is 55.7 Å². The monoisotopic (exact) mass is 480 g/mol. The van der Waals surface area contributed by atoms with E-state index in [1.807, 2.05) is 7.05 Å². The first-order valence-electron chi connectivity index (χ1n) is 12.5. The number of carbonyl (C=O) groups excluding carboxylic acids is 1. The van der Waals surface area contributed by atoms with Crippen molar-refractivity contribution in [2.24, 2.45) is 0 Å². The smallest absolute Gasteiger partial charge is 0.243 e. The fraction of sp³-hybridized carbons (Fsp3) is 0.640. The number of carbonyl (C=O) groups is 1. The van der Waals surface area contributed by atoms with Gasteiger partial charge in [0.1, 0.15) is 17.5 Å². The van der Waals surface area contributed by atoms with Crippen molar-refractivity contribution >= 4 is 31.5 Å². The van der Waals surface area contributed by atoms with Crippen LogP contribution in [0.4, 0.5) is 17.3 Å². The van der Waals surface area contributed by atoms with Crippen LogP contribution in [0.25, 0.3) is 0 Å². The van der Waals surface area contributed by atoms with Gasteiger partial charge in [-0.2, -0.15) is 0 Å². The molecule has 1 spiro atoms. The van der Waals surface area contributed by atoms with Crippen LogP contribution in [0.3, 0.4) is 0 Å². The maximum absolute atomic E-state index is 14.0. The molecule has 1 N–H and O–H groups in total. The van der Waals surface area contributed by atoms with Gasteiger partial charge in [-0.15, -0.1) is 0 Å². The molecule has 34 heavy (non-hydrogen) atoms. The van der Waals surface area contributed by atoms with Gasteiger partial charge in [0, 0.05) is 13.0 Å². The first-order valence-corrected chi connectivity index (χ1v) is 15.4. The van der Waals surface area contributed by atoms with E-state index in [0.29, 0.717) is 29.9 Å². The van der Waals surface area contributed by atoms with Crippen molar-refractivity contribution in [1.82, 2.24) is 19.9 Å². The van der Waals surface area contributed by atoms with E-state index in [1.54, 1.807) is 17.3 Å². The molecule has 8 nitrogen and oxygen atoms in total. The summed E-state index contributed by atoms with van der Waals surface area (Å²) in [6.45, 7) is 11.4. The molecule has 2 aromatic rings. The lowest BCUT2D eigenvalue weighted by atomic mass is 9.80. The maximum Gasteiger partial charge on any atom is 0.243 e. The predicted octanol–water partition coefficient (Wildman–Crippen LogP) is 5.20. The van der Waals surface area contributed by atoms with E-state index in [2.05, 4.69) is 49.1 Å². The summed E-state index contributed by atoms with van der Waals surface area (Å²) in [7, 11) is -0.114. The molecule has 182 valence electrons. The minimum atomic E-state index is -1.98. The van der Waals surface area contributed by atoms with Crippen molar-refractivity contribution < 1.29 is 9.22 Å². The van der Waals surface area contributed by atoms with Gasteiger partial charge in [0.2, 0.25) is 5.91 Å². The molecule has 0 radical (unpaired) electrons. The number of aromatic nitrogens is 4. The molecule has 0 aromatic carbocycles. The van der Waals surface area contributed by atoms with Gasteiger partial charge in [-0.25, -0.2) is 19.9 Å². The van der Waals surface area contributed by atoms with Crippen LogP contribution in [-0.2, 0) is 21.2 Å². The number of hydrogen-bond donors (Lipinski definition) is 1. The Bertz CT molecular complexity index is 1100. The number of hydrogen-bond acceptors (Lipinski definition) is 7. The Morgan fingerprint density at radius 1 is 1.15 bits per heavy atom. The van der Waals surface area contributed by atoms with Crippen LogP contribution < -0.4 is 10.2 Å². The Labute approximate surface area is 203 Å². The van der Waals surface area contributed by atoms with E-state index in [9.17, 15) is 4.79 Å². The number of anilines is 3. The molecule has 1 amide bonds. The van der Waals surface area contributed by atoms with E-state index in [1.165, 1.54) is 0 Å². The Kier molecular flexibility index (Phi) is 5.55. The summed E-state index contributed by atoms with van der Waals surface area (Å²) < 4.78 is 6.43. The van der Waals surface area contributed by atoms with Crippen LogP contribution in [0, 0.1) is 0 Å². The highest BCUT2D eigenvalue weighted by Crippen LogP contribution is 2.55. The zero-order valence-electron chi connectivity index (χ0n) is 21.2. The average molecular weight is 481 g/mol. The summed E-state index contributed by atoms with van der Waals surface area (Å²) >= 11 is 0. The van der Waals surface area contributed by atoms with E-state index < -0.39 is 13.7 Å². The molecule has 0 saturated heterocycles. The first-order chi connectivity index (χ1) is 16.1. The van der Waals surface area contributed by atoms with Crippen LogP contribution in [0.2, 0.25) is 18.1 Å². The quantitative estimate of drug-likeness (QED) is 0.568. The molecule has 0 unspecified atom stereocenters. The third-order valence-electron chi connectivity index (χ3n) is 8.16. The summed E-state index contributed by atoms with van der Waals surface area (Å²) in [6.07, 6.45) is 9.52. The number of nitrogens with one attached hydrogen (secondary N) is 1. The normalized spacial score (nSPS) is 19.7. The van der Waals surface area contributed by atoms with Crippen molar-refractivity contribution in [2.45, 2.75) is 95.4 Å². The minimum absolute atomic E-state index is 0.0658. The molecule has 9 heteroatoms. The van der Waals surface area contributed by atoms with Gasteiger partial charge < -0.3 is 9.74 Å². The highest BCUT2D eigenvalue weighted by molar-refractivity contribution is 6.74. The highest BCUT2D eigenvalue weighted by Gasteiger charge is 2.55. The molecule has 0 atom stereocenters. The molecule has 1 aliphatic heterocycles. The SMILES string of the molecule is CNc1nc(CO[Si](C)(C)C(C)(C)C)nc2c1C1(CCCC1)C(=O)N2c1cnc(C2CC2)nc1. The average Bonchev–Trinajstić information content (AvgIpc) is 3.48. The predicted molar refractivity (Wildman–Crippen MR) is 135 cm³/mol. The lowest BCUT2D eigenvalue weighted by molar-refractivity contribution is -0.122. The highest BCUT2D eigenvalue weighted by atomic mass is 28.4. The van der Waals surface area contributed by atoms with Crippen LogP contribution in [0.15, 0.2) is 12.4 Å². The van der Waals surface area contributed by atoms with Gasteiger partial charge in [-0.3, -0.25) is 9.69 Å². The Balaban J connectivity index is 1.57. The molecule has 2 aliphatic carbocycles. The molecule has 3 heterocycles. The Morgan fingerprint density at radius 2 is 1.79 bits per heavy atom. The van der Waals surface area contributed by atoms with Gasteiger partial charge in [-0.1, -0.05) is 33.6 Å². The van der Waals surface area contributed by atoms with Gasteiger partial charge >= 0.3 is 0 Å². The number of nitrogens with zero attached hydrogens (tertiary/aromatic N) is 5. The Morgan fingerprint density at radius 3 is 2.35 bits per heavy atom. The van der Waals surface area contributed by atoms with Crippen molar-refractivity contribution in [2.75, 3.05) is 17.3 Å². The van der Waals surface area contributed by atoms with Crippen LogP contribution in [0.5, 0.6) is 0 Å². The van der Waals surface area contributed by atoms with Crippen LogP contribution in [0.1, 0.15) is 82.4 Å². The minimum Gasteiger partial charge on any atom is -0.409 e. The topological polar surface area (TPSA) is 93.1 Å². The second-order valence-electron chi connectivity index (χ2n) is 11.5. The number of amides is 1. The van der Waals surface area contributed by atoms with Crippen molar-refractivity contribution in [3.05, 3.63) is 29.6 Å². The van der Waals surface area contributed by atoms with Gasteiger partial charge in [0.25, 0.3) is 0 Å². The number of fused-ring (bicyclic) bond motifs is 2. The zero-order valence-corrected chi connectivity index (χ0v) is 22.2. The summed E-state index contributed by atoms with van der Waals surface area (Å²) in [5, 5.41) is 3.36. The van der Waals surface area contributed by atoms with Gasteiger partial charge in [-0.05, 0) is 43.8 Å². The lowest BCUT2D eigenvalue weighted by Crippen LogP contribution is -2.40. The second kappa shape index (κ2) is 8.08. The zero-order chi connectivity index (χ0) is 24.3. The molecular weight excluding hydrogens is 444 g/mol. The number of rotatable bonds is 6. The summed E-state index contributed by atoms with van der Waals surface area (Å²) in [4.78, 5) is 34.7. The van der Waals surface area contributed by atoms with E-state index >= 15 is 0 Å². The largest absolute Gasteiger partial charge is 0.409 e. The third-order valence-corrected chi connectivity index (χ3v) is 12.6. The molecule has 3 aliphatic rings. The van der Waals surface area contributed by atoms with E-state index in [-0.39, 0.29) is 10.9 Å². The molecular formula is C25H36N6O2Si. The lowest BCUT2D eigenvalue weighted by Gasteiger charge is -2.35. The van der Waals surface area contributed by atoms with Crippen LogP contribution in [-0.4, -0.2) is 41.2 Å². The standard InChI is InChI=1S/C25H36N6O2Si/c1-24(2,3)34(5,6)33-15-18-29-21(26-4)19-22(30-18)31(23(32)25(19)11-7-8-12-25)17-13-27-20(28-14-17)16-9-10-16/h13-14,16H,7-12,15H2,1-6H3,(H,26,29,30). The molecule has 2 saturated carbocycles. The Hall–Kier alpha value is -2.39. The van der Waals surface area contributed by atoms with Gasteiger partial charge in [0.15, 0.2) is 14.1 Å². The summed E-state index contributed by atoms with van der Waals surface area (Å²) in [5.41, 5.74) is 1.01. The van der Waals surface area contributed by atoms with Crippen molar-refractivity contribution in [1.29, 1.82) is 0 Å². The molecule has 2 aromatic heterocycles. The first kappa shape index (κ1) is 23.4. The van der Waals surface area contributed by atoms with Gasteiger partial charge in [0.05, 0.1) is 35.7 Å². The fourth-order valence-electron chi connectivity index (χ4n) is 4.90. The third kappa shape index (κ3) is 3.73. The second-order valence-corrected chi connectivity index (χ2v) is 16.3. The maximum atomic E-state index is 14.0. The van der Waals surface area contributed by atoms with Crippen molar-refractivity contribution in [3.63, 3.8) is 0 Å².